The van der Waals surface area contributed by atoms with E-state index in [2.05, 4.69) is 42.3 Å². The molecule has 1 unspecified atom stereocenters. The van der Waals surface area contributed by atoms with Crippen LogP contribution in [0.3, 0.4) is 0 Å². The number of hydrogen-bond donors (Lipinski definition) is 1. The number of halogens is 1. The number of nitro groups is 1. The van der Waals surface area contributed by atoms with Crippen LogP contribution in [0, 0.1) is 10.1 Å². The summed E-state index contributed by atoms with van der Waals surface area (Å²) < 4.78 is 5.25. The molecule has 1 aliphatic rings. The highest BCUT2D eigenvalue weighted by Crippen LogP contribution is 2.35. The second-order valence-corrected chi connectivity index (χ2v) is 7.95. The van der Waals surface area contributed by atoms with Gasteiger partial charge in [0, 0.05) is 36.8 Å². The predicted molar refractivity (Wildman–Crippen MR) is 117 cm³/mol. The molecule has 1 aliphatic heterocycles. The van der Waals surface area contributed by atoms with Crippen LogP contribution >= 0.6 is 11.6 Å². The van der Waals surface area contributed by atoms with E-state index in [1.165, 1.54) is 17.2 Å². The molecule has 0 bridgehead atoms. The molecule has 7 heteroatoms. The van der Waals surface area contributed by atoms with Crippen molar-refractivity contribution in [1.29, 1.82) is 0 Å². The van der Waals surface area contributed by atoms with Crippen LogP contribution in [0.25, 0.3) is 0 Å². The SMILES string of the molecule is COc1ccc(CC2CNc3c(cc(Cl)cc3[N+](=O)[O-])CN2CC=C(C)C)cc1. The van der Waals surface area contributed by atoms with Gasteiger partial charge in [-0.1, -0.05) is 35.4 Å². The Kier molecular flexibility index (Phi) is 6.77. The molecule has 0 aliphatic carbocycles. The van der Waals surface area contributed by atoms with E-state index >= 15 is 0 Å². The second kappa shape index (κ2) is 9.29. The zero-order valence-corrected chi connectivity index (χ0v) is 17.7. The Morgan fingerprint density at radius 2 is 2.07 bits per heavy atom. The molecule has 1 N–H and O–H groups in total. The molecule has 2 aromatic rings. The van der Waals surface area contributed by atoms with Crippen LogP contribution in [0.4, 0.5) is 11.4 Å². The molecule has 0 amide bonds. The van der Waals surface area contributed by atoms with Gasteiger partial charge in [-0.2, -0.15) is 0 Å². The first kappa shape index (κ1) is 21.1. The van der Waals surface area contributed by atoms with Gasteiger partial charge in [-0.25, -0.2) is 0 Å². The Hall–Kier alpha value is -2.57. The number of methoxy groups -OCH3 is 1. The third-order valence-corrected chi connectivity index (χ3v) is 5.35. The van der Waals surface area contributed by atoms with Crippen LogP contribution in [-0.2, 0) is 13.0 Å². The average Bonchev–Trinajstić information content (AvgIpc) is 2.85. The smallest absolute Gasteiger partial charge is 0.294 e. The van der Waals surface area contributed by atoms with Crippen LogP contribution in [0.2, 0.25) is 5.02 Å². The first-order chi connectivity index (χ1) is 13.9. The summed E-state index contributed by atoms with van der Waals surface area (Å²) in [5.41, 5.74) is 3.88. The van der Waals surface area contributed by atoms with E-state index in [-0.39, 0.29) is 16.7 Å². The van der Waals surface area contributed by atoms with Gasteiger partial charge in [0.2, 0.25) is 0 Å². The molecule has 0 saturated carbocycles. The lowest BCUT2D eigenvalue weighted by atomic mass is 10.0. The normalized spacial score (nSPS) is 16.3. The number of hydrogen-bond acceptors (Lipinski definition) is 5. The van der Waals surface area contributed by atoms with Gasteiger partial charge in [-0.3, -0.25) is 15.0 Å². The topological polar surface area (TPSA) is 67.6 Å². The summed E-state index contributed by atoms with van der Waals surface area (Å²) in [7, 11) is 1.65. The standard InChI is InChI=1S/C22H26ClN3O3/c1-15(2)8-9-25-14-17-11-18(23)12-21(26(27)28)22(17)24-13-19(25)10-16-4-6-20(29-3)7-5-16/h4-8,11-12,19,24H,9-10,13-14H2,1-3H3. The molecule has 1 atom stereocenters. The van der Waals surface area contributed by atoms with Crippen LogP contribution in [0.1, 0.15) is 25.0 Å². The van der Waals surface area contributed by atoms with Crippen molar-refractivity contribution < 1.29 is 9.66 Å². The Morgan fingerprint density at radius 1 is 1.34 bits per heavy atom. The lowest BCUT2D eigenvalue weighted by Gasteiger charge is -2.29. The lowest BCUT2D eigenvalue weighted by Crippen LogP contribution is -2.39. The summed E-state index contributed by atoms with van der Waals surface area (Å²) in [6.07, 6.45) is 3.01. The van der Waals surface area contributed by atoms with Gasteiger partial charge in [0.1, 0.15) is 11.4 Å². The molecule has 2 aromatic carbocycles. The minimum atomic E-state index is -0.373. The second-order valence-electron chi connectivity index (χ2n) is 7.51. The molecule has 29 heavy (non-hydrogen) atoms. The molecular weight excluding hydrogens is 390 g/mol. The van der Waals surface area contributed by atoms with Crippen LogP contribution in [-0.4, -0.2) is 36.1 Å². The van der Waals surface area contributed by atoms with E-state index in [4.69, 9.17) is 16.3 Å². The maximum absolute atomic E-state index is 11.5. The van der Waals surface area contributed by atoms with Crippen molar-refractivity contribution in [2.45, 2.75) is 32.9 Å². The van der Waals surface area contributed by atoms with E-state index in [0.29, 0.717) is 23.8 Å². The summed E-state index contributed by atoms with van der Waals surface area (Å²) in [4.78, 5) is 13.5. The average molecular weight is 416 g/mol. The fourth-order valence-electron chi connectivity index (χ4n) is 3.57. The monoisotopic (exact) mass is 415 g/mol. The maximum Gasteiger partial charge on any atom is 0.294 e. The first-order valence-corrected chi connectivity index (χ1v) is 9.96. The molecule has 0 fully saturated rings. The number of nitro benzene ring substituents is 1. The Morgan fingerprint density at radius 3 is 2.69 bits per heavy atom. The van der Waals surface area contributed by atoms with Gasteiger partial charge in [0.15, 0.2) is 0 Å². The van der Waals surface area contributed by atoms with E-state index < -0.39 is 0 Å². The van der Waals surface area contributed by atoms with Crippen molar-refractivity contribution in [3.8, 4) is 5.75 Å². The van der Waals surface area contributed by atoms with Crippen LogP contribution < -0.4 is 10.1 Å². The summed E-state index contributed by atoms with van der Waals surface area (Å²) >= 11 is 6.17. The molecule has 0 spiro atoms. The highest BCUT2D eigenvalue weighted by Gasteiger charge is 2.28. The molecule has 0 aromatic heterocycles. The zero-order chi connectivity index (χ0) is 21.0. The van der Waals surface area contributed by atoms with Crippen LogP contribution in [0.5, 0.6) is 5.75 Å². The van der Waals surface area contributed by atoms with E-state index in [1.54, 1.807) is 7.11 Å². The molecule has 154 valence electrons. The van der Waals surface area contributed by atoms with Crippen molar-refractivity contribution in [2.75, 3.05) is 25.5 Å². The largest absolute Gasteiger partial charge is 0.497 e. The van der Waals surface area contributed by atoms with Crippen molar-refractivity contribution in [3.05, 3.63) is 74.3 Å². The van der Waals surface area contributed by atoms with Gasteiger partial charge in [-0.15, -0.1) is 0 Å². The summed E-state index contributed by atoms with van der Waals surface area (Å²) in [6.45, 7) is 6.12. The number of allylic oxidation sites excluding steroid dienone is 1. The maximum atomic E-state index is 11.5. The van der Waals surface area contributed by atoms with Crippen molar-refractivity contribution in [2.24, 2.45) is 0 Å². The Balaban J connectivity index is 1.92. The molecule has 3 rings (SSSR count). The minimum absolute atomic E-state index is 0.0276. The summed E-state index contributed by atoms with van der Waals surface area (Å²) in [5.74, 6) is 0.826. The quantitative estimate of drug-likeness (QED) is 0.405. The Labute approximate surface area is 176 Å². The highest BCUT2D eigenvalue weighted by molar-refractivity contribution is 6.31. The van der Waals surface area contributed by atoms with Gasteiger partial charge in [-0.05, 0) is 49.6 Å². The number of anilines is 1. The molecular formula is C22H26ClN3O3. The van der Waals surface area contributed by atoms with Crippen molar-refractivity contribution >= 4 is 23.0 Å². The van der Waals surface area contributed by atoms with Crippen molar-refractivity contribution in [1.82, 2.24) is 4.90 Å². The van der Waals surface area contributed by atoms with Gasteiger partial charge >= 0.3 is 0 Å². The van der Waals surface area contributed by atoms with Gasteiger partial charge in [0.25, 0.3) is 5.69 Å². The molecule has 0 radical (unpaired) electrons. The third-order valence-electron chi connectivity index (χ3n) is 5.13. The first-order valence-electron chi connectivity index (χ1n) is 9.58. The van der Waals surface area contributed by atoms with Gasteiger partial charge in [0.05, 0.1) is 12.0 Å². The minimum Gasteiger partial charge on any atom is -0.497 e. The number of fused-ring (bicyclic) bond motifs is 1. The highest BCUT2D eigenvalue weighted by atomic mass is 35.5. The number of nitrogens with zero attached hydrogens (tertiary/aromatic N) is 2. The molecule has 0 saturated heterocycles. The number of benzene rings is 2. The predicted octanol–water partition coefficient (Wildman–Crippen LogP) is 5.06. The molecule has 6 nitrogen and oxygen atoms in total. The third kappa shape index (κ3) is 5.28. The Bertz CT molecular complexity index is 908. The van der Waals surface area contributed by atoms with E-state index in [9.17, 15) is 10.1 Å². The van der Waals surface area contributed by atoms with Gasteiger partial charge < -0.3 is 10.1 Å². The fraction of sp³-hybridized carbons (Fsp3) is 0.364. The van der Waals surface area contributed by atoms with Crippen molar-refractivity contribution in [3.63, 3.8) is 0 Å². The number of nitrogens with one attached hydrogen (secondary N) is 1. The summed E-state index contributed by atoms with van der Waals surface area (Å²) in [6, 6.07) is 11.5. The lowest BCUT2D eigenvalue weighted by molar-refractivity contribution is -0.384. The van der Waals surface area contributed by atoms with E-state index in [0.717, 1.165) is 24.3 Å². The molecule has 1 heterocycles. The summed E-state index contributed by atoms with van der Waals surface area (Å²) in [5, 5.41) is 15.2. The van der Waals surface area contributed by atoms with Crippen LogP contribution in [0.15, 0.2) is 48.0 Å². The number of ether oxygens (including phenoxy) is 1. The number of rotatable bonds is 6. The fourth-order valence-corrected chi connectivity index (χ4v) is 3.80. The zero-order valence-electron chi connectivity index (χ0n) is 16.9. The van der Waals surface area contributed by atoms with E-state index in [1.807, 2.05) is 18.2 Å².